The second-order valence-electron chi connectivity index (χ2n) is 3.60. The molecule has 1 heterocycles. The third-order valence-corrected chi connectivity index (χ3v) is 3.84. The van der Waals surface area contributed by atoms with Gasteiger partial charge < -0.3 is 4.42 Å². The second kappa shape index (κ2) is 3.09. The van der Waals surface area contributed by atoms with Crippen molar-refractivity contribution in [2.24, 2.45) is 0 Å². The summed E-state index contributed by atoms with van der Waals surface area (Å²) in [5.74, 6) is 0.726. The summed E-state index contributed by atoms with van der Waals surface area (Å²) < 4.78 is 6.70. The molecule has 14 heavy (non-hydrogen) atoms. The van der Waals surface area contributed by atoms with Crippen LogP contribution >= 0.6 is 15.9 Å². The van der Waals surface area contributed by atoms with Crippen molar-refractivity contribution in [2.45, 2.75) is 27.7 Å². The molecule has 0 spiro atoms. The number of aromatic nitrogens is 1. The van der Waals surface area contributed by atoms with Gasteiger partial charge in [-0.3, -0.25) is 0 Å². The Labute approximate surface area is 91.5 Å². The topological polar surface area (TPSA) is 26.0 Å². The molecule has 0 aliphatic heterocycles. The summed E-state index contributed by atoms with van der Waals surface area (Å²) in [5.41, 5.74) is 5.44. The fourth-order valence-electron chi connectivity index (χ4n) is 1.66. The largest absolute Gasteiger partial charge is 0.441 e. The first-order chi connectivity index (χ1) is 6.52. The van der Waals surface area contributed by atoms with E-state index in [0.29, 0.717) is 0 Å². The monoisotopic (exact) mass is 253 g/mol. The molecule has 0 N–H and O–H groups in total. The molecule has 0 bridgehead atoms. The minimum Gasteiger partial charge on any atom is -0.441 e. The maximum absolute atomic E-state index is 5.57. The maximum Gasteiger partial charge on any atom is 0.192 e. The van der Waals surface area contributed by atoms with Crippen molar-refractivity contribution in [1.29, 1.82) is 0 Å². The molecule has 0 amide bonds. The lowest BCUT2D eigenvalue weighted by Crippen LogP contribution is -1.89. The van der Waals surface area contributed by atoms with Crippen LogP contribution in [0.2, 0.25) is 0 Å². The Morgan fingerprint density at radius 3 is 2.29 bits per heavy atom. The van der Waals surface area contributed by atoms with Crippen LogP contribution in [0.25, 0.3) is 11.1 Å². The molecular formula is C11H12BrNO. The van der Waals surface area contributed by atoms with Gasteiger partial charge in [0.15, 0.2) is 11.5 Å². The van der Waals surface area contributed by atoms with Gasteiger partial charge in [0.25, 0.3) is 0 Å². The zero-order chi connectivity index (χ0) is 10.5. The lowest BCUT2D eigenvalue weighted by molar-refractivity contribution is 0.559. The van der Waals surface area contributed by atoms with E-state index in [1.807, 2.05) is 13.8 Å². The molecule has 0 atom stereocenters. The van der Waals surface area contributed by atoms with Gasteiger partial charge in [0, 0.05) is 17.0 Å². The summed E-state index contributed by atoms with van der Waals surface area (Å²) in [6, 6.07) is 0. The van der Waals surface area contributed by atoms with Gasteiger partial charge in [0.2, 0.25) is 0 Å². The number of hydrogen-bond acceptors (Lipinski definition) is 2. The van der Waals surface area contributed by atoms with Crippen LogP contribution in [0.3, 0.4) is 0 Å². The number of benzene rings is 1. The van der Waals surface area contributed by atoms with Crippen LogP contribution in [-0.4, -0.2) is 4.98 Å². The SMILES string of the molecule is Cc1nc2c(C)c(C)c(Br)c(C)c2o1. The molecule has 0 fully saturated rings. The molecule has 0 unspecified atom stereocenters. The first kappa shape index (κ1) is 9.71. The van der Waals surface area contributed by atoms with Crippen molar-refractivity contribution in [1.82, 2.24) is 4.98 Å². The summed E-state index contributed by atoms with van der Waals surface area (Å²) >= 11 is 3.57. The molecule has 3 heteroatoms. The fraction of sp³-hybridized carbons (Fsp3) is 0.364. The molecule has 74 valence electrons. The van der Waals surface area contributed by atoms with Crippen LogP contribution in [0.1, 0.15) is 22.6 Å². The number of fused-ring (bicyclic) bond motifs is 1. The molecule has 2 nitrogen and oxygen atoms in total. The molecule has 2 rings (SSSR count). The number of oxazole rings is 1. The summed E-state index contributed by atoms with van der Waals surface area (Å²) in [5, 5.41) is 0. The number of halogens is 1. The van der Waals surface area contributed by atoms with E-state index in [1.165, 1.54) is 11.1 Å². The van der Waals surface area contributed by atoms with Crippen molar-refractivity contribution in [3.63, 3.8) is 0 Å². The Hall–Kier alpha value is -0.830. The molecule has 2 aromatic rings. The van der Waals surface area contributed by atoms with E-state index in [2.05, 4.69) is 34.8 Å². The molecule has 1 aromatic carbocycles. The summed E-state index contributed by atoms with van der Waals surface area (Å²) in [7, 11) is 0. The summed E-state index contributed by atoms with van der Waals surface area (Å²) in [4.78, 5) is 4.39. The standard InChI is InChI=1S/C11H12BrNO/c1-5-6(2)10-11(7(3)9(5)12)14-8(4)13-10/h1-4H3. The zero-order valence-corrected chi connectivity index (χ0v) is 10.3. The van der Waals surface area contributed by atoms with Gasteiger partial charge >= 0.3 is 0 Å². The van der Waals surface area contributed by atoms with Crippen molar-refractivity contribution in [2.75, 3.05) is 0 Å². The van der Waals surface area contributed by atoms with Crippen molar-refractivity contribution in [3.8, 4) is 0 Å². The van der Waals surface area contributed by atoms with Crippen LogP contribution in [0.5, 0.6) is 0 Å². The second-order valence-corrected chi connectivity index (χ2v) is 4.39. The molecule has 0 radical (unpaired) electrons. The van der Waals surface area contributed by atoms with E-state index in [0.717, 1.165) is 27.0 Å². The Balaban J connectivity index is 3.01. The van der Waals surface area contributed by atoms with Crippen LogP contribution in [0.4, 0.5) is 0 Å². The molecule has 0 saturated carbocycles. The van der Waals surface area contributed by atoms with E-state index in [4.69, 9.17) is 4.42 Å². The number of hydrogen-bond donors (Lipinski definition) is 0. The van der Waals surface area contributed by atoms with Gasteiger partial charge in [0.05, 0.1) is 0 Å². The minimum absolute atomic E-state index is 0.726. The molecular weight excluding hydrogens is 242 g/mol. The first-order valence-corrected chi connectivity index (χ1v) is 5.34. The Bertz CT molecular complexity index is 469. The lowest BCUT2D eigenvalue weighted by Gasteiger charge is -2.06. The summed E-state index contributed by atoms with van der Waals surface area (Å²) in [6.07, 6.45) is 0. The van der Waals surface area contributed by atoms with Gasteiger partial charge in [-0.25, -0.2) is 4.98 Å². The quantitative estimate of drug-likeness (QED) is 0.714. The zero-order valence-electron chi connectivity index (χ0n) is 8.73. The average molecular weight is 254 g/mol. The third-order valence-electron chi connectivity index (χ3n) is 2.65. The average Bonchev–Trinajstić information content (AvgIpc) is 2.54. The predicted octanol–water partition coefficient (Wildman–Crippen LogP) is 3.82. The van der Waals surface area contributed by atoms with Crippen molar-refractivity contribution >= 4 is 27.0 Å². The van der Waals surface area contributed by atoms with E-state index < -0.39 is 0 Å². The molecule has 0 aliphatic rings. The fourth-order valence-corrected chi connectivity index (χ4v) is 2.14. The van der Waals surface area contributed by atoms with Crippen LogP contribution in [0.15, 0.2) is 8.89 Å². The number of rotatable bonds is 0. The Kier molecular flexibility index (Phi) is 2.14. The Morgan fingerprint density at radius 2 is 1.64 bits per heavy atom. The summed E-state index contributed by atoms with van der Waals surface area (Å²) in [6.45, 7) is 8.09. The van der Waals surface area contributed by atoms with Crippen molar-refractivity contribution < 1.29 is 4.42 Å². The minimum atomic E-state index is 0.726. The normalized spacial score (nSPS) is 11.2. The predicted molar refractivity (Wildman–Crippen MR) is 60.7 cm³/mol. The first-order valence-electron chi connectivity index (χ1n) is 4.54. The highest BCUT2D eigenvalue weighted by Gasteiger charge is 2.14. The van der Waals surface area contributed by atoms with Crippen LogP contribution in [-0.2, 0) is 0 Å². The molecule has 1 aromatic heterocycles. The highest BCUT2D eigenvalue weighted by atomic mass is 79.9. The lowest BCUT2D eigenvalue weighted by atomic mass is 10.1. The molecule has 0 aliphatic carbocycles. The van der Waals surface area contributed by atoms with Gasteiger partial charge in [-0.05, 0) is 31.9 Å². The van der Waals surface area contributed by atoms with E-state index in [9.17, 15) is 0 Å². The smallest absolute Gasteiger partial charge is 0.192 e. The number of nitrogens with zero attached hydrogens (tertiary/aromatic N) is 1. The van der Waals surface area contributed by atoms with Gasteiger partial charge in [0.1, 0.15) is 5.52 Å². The van der Waals surface area contributed by atoms with Crippen LogP contribution < -0.4 is 0 Å². The maximum atomic E-state index is 5.57. The highest BCUT2D eigenvalue weighted by Crippen LogP contribution is 2.32. The Morgan fingerprint density at radius 1 is 1.00 bits per heavy atom. The van der Waals surface area contributed by atoms with E-state index in [-0.39, 0.29) is 0 Å². The highest BCUT2D eigenvalue weighted by molar-refractivity contribution is 9.10. The third kappa shape index (κ3) is 1.19. The van der Waals surface area contributed by atoms with Gasteiger partial charge in [-0.2, -0.15) is 0 Å². The number of aryl methyl sites for hydroxylation is 3. The van der Waals surface area contributed by atoms with Crippen LogP contribution in [0, 0.1) is 27.7 Å². The van der Waals surface area contributed by atoms with Crippen molar-refractivity contribution in [3.05, 3.63) is 27.1 Å². The van der Waals surface area contributed by atoms with Gasteiger partial charge in [-0.1, -0.05) is 15.9 Å². The van der Waals surface area contributed by atoms with E-state index in [1.54, 1.807) is 0 Å². The van der Waals surface area contributed by atoms with Gasteiger partial charge in [-0.15, -0.1) is 0 Å². The van der Waals surface area contributed by atoms with E-state index >= 15 is 0 Å². The molecule has 0 saturated heterocycles.